The lowest BCUT2D eigenvalue weighted by molar-refractivity contribution is -0.116. The SMILES string of the molecule is C[C@@H]1CN([C@H](C)CO)C(=O)c2cc(NC(=O)Cn3cnnn3)ccc2O[C@H]1CN(C)S(=O)(=O)c1cn(C)cn1. The third kappa shape index (κ3) is 6.23. The van der Waals surface area contributed by atoms with Crippen molar-refractivity contribution in [2.24, 2.45) is 13.0 Å². The van der Waals surface area contributed by atoms with Crippen LogP contribution in [0.1, 0.15) is 24.2 Å². The smallest absolute Gasteiger partial charge is 0.261 e. The Hall–Kier alpha value is -3.89. The molecule has 15 nitrogen and oxygen atoms in total. The van der Waals surface area contributed by atoms with Crippen molar-refractivity contribution in [2.75, 3.05) is 32.1 Å². The first-order valence-corrected chi connectivity index (χ1v) is 13.6. The van der Waals surface area contributed by atoms with Gasteiger partial charge >= 0.3 is 0 Å². The molecule has 39 heavy (non-hydrogen) atoms. The first-order chi connectivity index (χ1) is 18.5. The Balaban J connectivity index is 1.62. The zero-order chi connectivity index (χ0) is 28.3. The molecule has 4 rings (SSSR count). The standard InChI is InChI=1S/C23H31N9O6S/c1-15-8-32(16(2)12-33)23(35)18-7-17(26-21(34)10-31-14-25-27-28-31)5-6-19(18)38-20(15)9-30(4)39(36,37)22-11-29(3)13-24-22/h5-7,11,13-16,20,33H,8-10,12H2,1-4H3,(H,26,34)/t15-,16-,20+/m1/s1. The predicted molar refractivity (Wildman–Crippen MR) is 137 cm³/mol. The van der Waals surface area contributed by atoms with E-state index in [0.29, 0.717) is 5.69 Å². The molecular weight excluding hydrogens is 530 g/mol. The van der Waals surface area contributed by atoms with E-state index in [-0.39, 0.29) is 54.4 Å². The number of aliphatic hydroxyl groups is 1. The van der Waals surface area contributed by atoms with E-state index in [2.05, 4.69) is 25.8 Å². The van der Waals surface area contributed by atoms with Crippen LogP contribution in [-0.4, -0.2) is 103 Å². The Morgan fingerprint density at radius 1 is 1.33 bits per heavy atom. The van der Waals surface area contributed by atoms with Crippen molar-refractivity contribution < 1.29 is 27.9 Å². The normalized spacial score (nSPS) is 18.7. The van der Waals surface area contributed by atoms with E-state index in [1.165, 1.54) is 45.9 Å². The quantitative estimate of drug-likeness (QED) is 0.349. The third-order valence-electron chi connectivity index (χ3n) is 6.44. The van der Waals surface area contributed by atoms with Gasteiger partial charge in [-0.15, -0.1) is 5.10 Å². The number of nitrogens with one attached hydrogen (secondary N) is 1. The van der Waals surface area contributed by atoms with Crippen molar-refractivity contribution in [3.05, 3.63) is 42.6 Å². The molecule has 1 aromatic carbocycles. The molecule has 2 aromatic heterocycles. The minimum atomic E-state index is -3.89. The number of sulfonamides is 1. The van der Waals surface area contributed by atoms with Gasteiger partial charge in [0.25, 0.3) is 15.9 Å². The minimum Gasteiger partial charge on any atom is -0.488 e. The molecule has 3 heterocycles. The molecule has 3 atom stereocenters. The van der Waals surface area contributed by atoms with E-state index in [9.17, 15) is 23.1 Å². The van der Waals surface area contributed by atoms with Crippen LogP contribution >= 0.6 is 0 Å². The molecule has 0 saturated heterocycles. The summed E-state index contributed by atoms with van der Waals surface area (Å²) in [6, 6.07) is 4.12. The Labute approximate surface area is 225 Å². The number of anilines is 1. The molecule has 0 radical (unpaired) electrons. The zero-order valence-electron chi connectivity index (χ0n) is 22.0. The van der Waals surface area contributed by atoms with Crippen LogP contribution in [0.25, 0.3) is 0 Å². The molecular formula is C23H31N9O6S. The second kappa shape index (κ2) is 11.5. The van der Waals surface area contributed by atoms with Crippen LogP contribution in [-0.2, 0) is 28.4 Å². The van der Waals surface area contributed by atoms with Gasteiger partial charge in [0.2, 0.25) is 5.91 Å². The van der Waals surface area contributed by atoms with Gasteiger partial charge in [0.05, 0.1) is 31.1 Å². The van der Waals surface area contributed by atoms with Crippen molar-refractivity contribution in [2.45, 2.75) is 37.6 Å². The van der Waals surface area contributed by atoms with Crippen molar-refractivity contribution >= 4 is 27.5 Å². The summed E-state index contributed by atoms with van der Waals surface area (Å²) in [4.78, 5) is 31.5. The summed E-state index contributed by atoms with van der Waals surface area (Å²) in [6.45, 7) is 3.37. The van der Waals surface area contributed by atoms with Crippen molar-refractivity contribution in [3.63, 3.8) is 0 Å². The van der Waals surface area contributed by atoms with Gasteiger partial charge in [0.1, 0.15) is 24.7 Å². The van der Waals surface area contributed by atoms with Crippen LogP contribution < -0.4 is 10.1 Å². The fourth-order valence-corrected chi connectivity index (χ4v) is 5.29. The number of fused-ring (bicyclic) bond motifs is 1. The van der Waals surface area contributed by atoms with Gasteiger partial charge in [-0.25, -0.2) is 18.1 Å². The fraction of sp³-hybridized carbons (Fsp3) is 0.478. The first-order valence-electron chi connectivity index (χ1n) is 12.2. The van der Waals surface area contributed by atoms with E-state index >= 15 is 0 Å². The predicted octanol–water partition coefficient (Wildman–Crippen LogP) is -0.414. The highest BCUT2D eigenvalue weighted by Gasteiger charge is 2.35. The van der Waals surface area contributed by atoms with Crippen LogP contribution in [0.4, 0.5) is 5.69 Å². The summed E-state index contributed by atoms with van der Waals surface area (Å²) >= 11 is 0. The summed E-state index contributed by atoms with van der Waals surface area (Å²) in [5.74, 6) is -0.861. The number of hydrogen-bond donors (Lipinski definition) is 2. The summed E-state index contributed by atoms with van der Waals surface area (Å²) < 4.78 is 36.4. The van der Waals surface area contributed by atoms with Crippen molar-refractivity contribution in [3.8, 4) is 5.75 Å². The van der Waals surface area contributed by atoms with Crippen LogP contribution in [0, 0.1) is 5.92 Å². The fourth-order valence-electron chi connectivity index (χ4n) is 4.15. The number of aromatic nitrogens is 6. The second-order valence-corrected chi connectivity index (χ2v) is 11.5. The highest BCUT2D eigenvalue weighted by molar-refractivity contribution is 7.89. The Morgan fingerprint density at radius 2 is 2.10 bits per heavy atom. The number of tetrazole rings is 1. The van der Waals surface area contributed by atoms with Gasteiger partial charge in [-0.05, 0) is 35.5 Å². The maximum Gasteiger partial charge on any atom is 0.261 e. The Morgan fingerprint density at radius 3 is 2.74 bits per heavy atom. The number of aryl methyl sites for hydroxylation is 1. The van der Waals surface area contributed by atoms with Gasteiger partial charge in [-0.1, -0.05) is 6.92 Å². The van der Waals surface area contributed by atoms with Gasteiger partial charge in [-0.3, -0.25) is 9.59 Å². The number of ether oxygens (including phenoxy) is 1. The molecule has 0 spiro atoms. The van der Waals surface area contributed by atoms with Crippen LogP contribution in [0.5, 0.6) is 5.75 Å². The lowest BCUT2D eigenvalue weighted by Gasteiger charge is -2.38. The number of rotatable bonds is 9. The minimum absolute atomic E-state index is 0.0144. The summed E-state index contributed by atoms with van der Waals surface area (Å²) in [5, 5.41) is 23.1. The number of nitrogens with zero attached hydrogens (tertiary/aromatic N) is 8. The molecule has 2 N–H and O–H groups in total. The van der Waals surface area contributed by atoms with Gasteiger partial charge in [0.15, 0.2) is 5.03 Å². The molecule has 1 aliphatic rings. The van der Waals surface area contributed by atoms with Crippen LogP contribution in [0.2, 0.25) is 0 Å². The van der Waals surface area contributed by atoms with Gasteiger partial charge in [-0.2, -0.15) is 4.31 Å². The summed E-state index contributed by atoms with van der Waals surface area (Å²) in [6.07, 6.45) is 3.49. The number of imidazole rings is 1. The van der Waals surface area contributed by atoms with Crippen LogP contribution in [0.15, 0.2) is 42.1 Å². The molecule has 0 saturated carbocycles. The maximum absolute atomic E-state index is 13.6. The van der Waals surface area contributed by atoms with Gasteiger partial charge in [0, 0.05) is 38.4 Å². The molecule has 0 fully saturated rings. The molecule has 2 amide bonds. The molecule has 1 aliphatic heterocycles. The monoisotopic (exact) mass is 561 g/mol. The molecule has 0 unspecified atom stereocenters. The van der Waals surface area contributed by atoms with E-state index in [1.807, 2.05) is 6.92 Å². The number of hydrogen-bond acceptors (Lipinski definition) is 10. The largest absolute Gasteiger partial charge is 0.488 e. The molecule has 210 valence electrons. The average Bonchev–Trinajstić information content (AvgIpc) is 3.57. The van der Waals surface area contributed by atoms with E-state index in [0.717, 1.165) is 0 Å². The molecule has 0 aliphatic carbocycles. The maximum atomic E-state index is 13.6. The van der Waals surface area contributed by atoms with Crippen LogP contribution in [0.3, 0.4) is 0 Å². The van der Waals surface area contributed by atoms with E-state index in [1.54, 1.807) is 30.7 Å². The second-order valence-electron chi connectivity index (χ2n) is 9.55. The Bertz CT molecular complexity index is 1430. The molecule has 3 aromatic rings. The third-order valence-corrected chi connectivity index (χ3v) is 8.15. The zero-order valence-corrected chi connectivity index (χ0v) is 22.8. The van der Waals surface area contributed by atoms with Crippen molar-refractivity contribution in [1.29, 1.82) is 0 Å². The lowest BCUT2D eigenvalue weighted by atomic mass is 9.99. The van der Waals surface area contributed by atoms with E-state index in [4.69, 9.17) is 4.74 Å². The van der Waals surface area contributed by atoms with E-state index < -0.39 is 28.1 Å². The first kappa shape index (κ1) is 28.1. The lowest BCUT2D eigenvalue weighted by Crippen LogP contribution is -2.50. The number of likely N-dealkylation sites (N-methyl/N-ethyl adjacent to an activating group) is 1. The molecule has 16 heteroatoms. The topological polar surface area (TPSA) is 178 Å². The molecule has 0 bridgehead atoms. The summed E-state index contributed by atoms with van der Waals surface area (Å²) in [5.41, 5.74) is 0.517. The highest BCUT2D eigenvalue weighted by Crippen LogP contribution is 2.31. The Kier molecular flexibility index (Phi) is 8.27. The average molecular weight is 562 g/mol. The number of carbonyl (C=O) groups is 2. The summed E-state index contributed by atoms with van der Waals surface area (Å²) in [7, 11) is -0.762. The van der Waals surface area contributed by atoms with Crippen molar-refractivity contribution in [1.82, 2.24) is 39.0 Å². The number of aliphatic hydroxyl groups excluding tert-OH is 1. The number of amides is 2. The number of carbonyl (C=O) groups excluding carboxylic acids is 2. The van der Waals surface area contributed by atoms with Gasteiger partial charge < -0.3 is 24.6 Å². The highest BCUT2D eigenvalue weighted by atomic mass is 32.2. The number of benzene rings is 1.